The quantitative estimate of drug-likeness (QED) is 0.0131. The summed E-state index contributed by atoms with van der Waals surface area (Å²) < 4.78 is 73.1. The summed E-state index contributed by atoms with van der Waals surface area (Å²) in [6, 6.07) is 39.4. The third-order valence-corrected chi connectivity index (χ3v) is 28.0. The molecule has 14 nitrogen and oxygen atoms in total. The SMILES string of the molecule is C=C1C[C@H](C[C@@H]2CC(=C)C[C@H](/C=C/C(C)(C)[C@]3(OC)O[C@H](C[C@@H](O[Si](C)(C)C(C)(C)C)[C@@H](C)OCOCc4ccccc4)CC(=CC(=O)O)[C@@H]3OC(C)=O)O2)O[C@H](CC(CCO[Si](c2ccccc2)(c2ccccc2)C(C)(C)C)OCc2ccc(OC)cc2)C1. The molecule has 492 valence electrons. The number of esters is 1. The van der Waals surface area contributed by atoms with Gasteiger partial charge in [-0.05, 0) is 108 Å². The first-order valence-electron chi connectivity index (χ1n) is 32.1. The summed E-state index contributed by atoms with van der Waals surface area (Å²) in [5.41, 5.74) is 3.52. The van der Waals surface area contributed by atoms with Crippen molar-refractivity contribution in [3.63, 3.8) is 0 Å². The van der Waals surface area contributed by atoms with Gasteiger partial charge in [-0.15, -0.1) is 0 Å². The number of aliphatic carboxylic acids is 1. The first kappa shape index (κ1) is 72.1. The first-order valence-corrected chi connectivity index (χ1v) is 37.0. The molecule has 0 bridgehead atoms. The number of carboxylic acids is 1. The van der Waals surface area contributed by atoms with Crippen molar-refractivity contribution in [2.75, 3.05) is 27.6 Å². The molecule has 16 heteroatoms. The second-order valence-corrected chi connectivity index (χ2v) is 37.0. The largest absolute Gasteiger partial charge is 0.497 e. The van der Waals surface area contributed by atoms with Crippen molar-refractivity contribution in [2.24, 2.45) is 5.41 Å². The number of benzene rings is 4. The summed E-state index contributed by atoms with van der Waals surface area (Å²) >= 11 is 0. The van der Waals surface area contributed by atoms with Gasteiger partial charge in [0.15, 0.2) is 14.4 Å². The smallest absolute Gasteiger partial charge is 0.328 e. The molecule has 0 amide bonds. The monoisotopic (exact) mass is 1270 g/mol. The van der Waals surface area contributed by atoms with E-state index in [4.69, 9.17) is 51.5 Å². The molecule has 3 aliphatic heterocycles. The lowest BCUT2D eigenvalue weighted by molar-refractivity contribution is -0.338. The highest BCUT2D eigenvalue weighted by Gasteiger charge is 2.59. The number of carbonyl (C=O) groups is 2. The van der Waals surface area contributed by atoms with Crippen molar-refractivity contribution >= 4 is 38.9 Å². The minimum absolute atomic E-state index is 0.0299. The molecule has 0 spiro atoms. The Morgan fingerprint density at radius 3 is 1.86 bits per heavy atom. The molecule has 90 heavy (non-hydrogen) atoms. The van der Waals surface area contributed by atoms with E-state index in [-0.39, 0.29) is 53.8 Å². The zero-order valence-corrected chi connectivity index (χ0v) is 58.3. The third-order valence-electron chi connectivity index (χ3n) is 18.5. The fourth-order valence-electron chi connectivity index (χ4n) is 12.8. The molecule has 10 atom stereocenters. The third kappa shape index (κ3) is 19.1. The average Bonchev–Trinajstić information content (AvgIpc) is 0.765. The zero-order valence-electron chi connectivity index (χ0n) is 56.3. The number of ether oxygens (including phenoxy) is 9. The molecule has 0 radical (unpaired) electrons. The Balaban J connectivity index is 1.08. The average molecular weight is 1270 g/mol. The molecule has 7 rings (SSSR count). The van der Waals surface area contributed by atoms with Crippen LogP contribution >= 0.6 is 0 Å². The second kappa shape index (κ2) is 32.0. The molecular weight excluding hydrogens is 1170 g/mol. The van der Waals surface area contributed by atoms with Crippen LogP contribution in [0.25, 0.3) is 0 Å². The summed E-state index contributed by atoms with van der Waals surface area (Å²) in [7, 11) is -2.07. The van der Waals surface area contributed by atoms with Crippen molar-refractivity contribution in [1.29, 1.82) is 0 Å². The van der Waals surface area contributed by atoms with E-state index in [9.17, 15) is 14.7 Å². The van der Waals surface area contributed by atoms with Gasteiger partial charge in [0, 0.05) is 51.4 Å². The van der Waals surface area contributed by atoms with Gasteiger partial charge in [0.1, 0.15) is 12.5 Å². The van der Waals surface area contributed by atoms with Crippen LogP contribution in [0.3, 0.4) is 0 Å². The van der Waals surface area contributed by atoms with E-state index < -0.39 is 64.2 Å². The number of hydrogen-bond donors (Lipinski definition) is 1. The van der Waals surface area contributed by atoms with Crippen LogP contribution in [0.15, 0.2) is 163 Å². The molecule has 0 aromatic heterocycles. The van der Waals surface area contributed by atoms with E-state index in [2.05, 4.69) is 128 Å². The maximum Gasteiger partial charge on any atom is 0.328 e. The molecule has 3 saturated heterocycles. The fourth-order valence-corrected chi connectivity index (χ4v) is 18.8. The summed E-state index contributed by atoms with van der Waals surface area (Å²) in [5, 5.41) is 12.5. The summed E-state index contributed by atoms with van der Waals surface area (Å²) in [6.07, 6.45) is 6.21. The minimum Gasteiger partial charge on any atom is -0.497 e. The lowest BCUT2D eigenvalue weighted by Gasteiger charge is -2.53. The van der Waals surface area contributed by atoms with Gasteiger partial charge in [-0.25, -0.2) is 4.79 Å². The van der Waals surface area contributed by atoms with Gasteiger partial charge >= 0.3 is 11.9 Å². The number of methoxy groups -OCH3 is 2. The van der Waals surface area contributed by atoms with Crippen molar-refractivity contribution in [3.05, 3.63) is 174 Å². The Hall–Kier alpha value is -5.35. The lowest BCUT2D eigenvalue weighted by atomic mass is 9.73. The Morgan fingerprint density at radius 1 is 0.711 bits per heavy atom. The van der Waals surface area contributed by atoms with Crippen LogP contribution in [0, 0.1) is 5.41 Å². The van der Waals surface area contributed by atoms with E-state index >= 15 is 0 Å². The topological polar surface area (TPSA) is 156 Å². The van der Waals surface area contributed by atoms with Crippen molar-refractivity contribution in [1.82, 2.24) is 0 Å². The first-order chi connectivity index (χ1) is 42.6. The van der Waals surface area contributed by atoms with Crippen LogP contribution in [0.5, 0.6) is 5.75 Å². The lowest BCUT2D eigenvalue weighted by Crippen LogP contribution is -2.66. The van der Waals surface area contributed by atoms with Gasteiger partial charge in [0.25, 0.3) is 8.32 Å². The van der Waals surface area contributed by atoms with Gasteiger partial charge in [-0.1, -0.05) is 195 Å². The van der Waals surface area contributed by atoms with E-state index in [0.717, 1.165) is 40.5 Å². The number of rotatable bonds is 30. The molecule has 0 saturated carbocycles. The standard InChI is InChI=1S/C74H104O14Si2/c1-52-40-61(36-38-73(11,12)74(79-14)70(84-55(4)75)58(45-69(76)77)44-65(87-74)48-68(88-89(15,16)71(5,6)7)54(3)82-51-80-49-56-26-20-17-21-27-56)85-63(41-52)47-64-43-53(2)42-62(86-64)46-60(81-50-57-32-34-59(78-13)35-33-57)37-39-83-90(72(8,9)10,66-28-22-18-23-29-66)67-30-24-19-25-31-67/h17-36,38,45,54,60-65,68,70H,1-2,37,39-44,46-51H2,3-16H3,(H,76,77)/b38-36+,58-45?/t54-,60?,61+,62+,63+,64-,65+,68-,70+,74-/m1/s1. The summed E-state index contributed by atoms with van der Waals surface area (Å²) in [5.74, 6) is -2.73. The van der Waals surface area contributed by atoms with Crippen molar-refractivity contribution < 1.29 is 66.2 Å². The van der Waals surface area contributed by atoms with Crippen LogP contribution in [-0.4, -0.2) is 122 Å². The molecule has 4 aromatic carbocycles. The Morgan fingerprint density at radius 2 is 1.29 bits per heavy atom. The minimum atomic E-state index is -2.81. The van der Waals surface area contributed by atoms with Crippen LogP contribution < -0.4 is 15.1 Å². The second-order valence-electron chi connectivity index (χ2n) is 28.0. The van der Waals surface area contributed by atoms with Crippen LogP contribution in [0.4, 0.5) is 0 Å². The molecule has 1 unspecified atom stereocenters. The molecule has 1 N–H and O–H groups in total. The number of carbonyl (C=O) groups excluding carboxylic acids is 1. The highest BCUT2D eigenvalue weighted by atomic mass is 28.4. The highest BCUT2D eigenvalue weighted by Crippen LogP contribution is 2.50. The highest BCUT2D eigenvalue weighted by molar-refractivity contribution is 6.99. The van der Waals surface area contributed by atoms with E-state index in [1.54, 1.807) is 7.11 Å². The van der Waals surface area contributed by atoms with Gasteiger partial charge in [0.2, 0.25) is 5.79 Å². The maximum atomic E-state index is 13.1. The summed E-state index contributed by atoms with van der Waals surface area (Å²) in [4.78, 5) is 25.8. The van der Waals surface area contributed by atoms with E-state index in [1.165, 1.54) is 24.4 Å². The number of hydrogen-bond acceptors (Lipinski definition) is 13. The molecule has 0 aliphatic carbocycles. The maximum absolute atomic E-state index is 13.1. The van der Waals surface area contributed by atoms with Crippen LogP contribution in [0.2, 0.25) is 23.2 Å². The Kier molecular flexibility index (Phi) is 25.6. The van der Waals surface area contributed by atoms with Gasteiger partial charge < -0.3 is 56.6 Å². The normalized spacial score (nSPS) is 23.8. The predicted molar refractivity (Wildman–Crippen MR) is 360 cm³/mol. The van der Waals surface area contributed by atoms with Crippen LogP contribution in [0.1, 0.15) is 138 Å². The van der Waals surface area contributed by atoms with Gasteiger partial charge in [0.05, 0.1) is 69.2 Å². The van der Waals surface area contributed by atoms with Crippen LogP contribution in [-0.2, 0) is 69.5 Å². The van der Waals surface area contributed by atoms with Gasteiger partial charge in [-0.3, -0.25) is 4.79 Å². The van der Waals surface area contributed by atoms with Crippen molar-refractivity contribution in [2.45, 2.75) is 224 Å². The van der Waals surface area contributed by atoms with E-state index in [1.807, 2.05) is 87.5 Å². The summed E-state index contributed by atoms with van der Waals surface area (Å²) in [6.45, 7) is 35.4. The molecule has 3 heterocycles. The zero-order chi connectivity index (χ0) is 65.5. The van der Waals surface area contributed by atoms with Gasteiger partial charge in [-0.2, -0.15) is 0 Å². The fraction of sp³-hybridized carbons (Fsp3) is 0.541. The van der Waals surface area contributed by atoms with Crippen molar-refractivity contribution in [3.8, 4) is 5.75 Å². The molecule has 4 aromatic rings. The Bertz CT molecular complexity index is 2950. The molecule has 3 aliphatic rings. The molecule has 3 fully saturated rings. The Labute approximate surface area is 539 Å². The molecular formula is C74H104O14Si2. The predicted octanol–water partition coefficient (Wildman–Crippen LogP) is 14.6. The van der Waals surface area contributed by atoms with E-state index in [0.29, 0.717) is 70.3 Å². The number of carboxylic acid groups (broad SMARTS) is 1.